The molecule has 19 heavy (non-hydrogen) atoms. The first-order valence-electron chi connectivity index (χ1n) is 5.46. The van der Waals surface area contributed by atoms with Crippen LogP contribution in [0.15, 0.2) is 14.1 Å². The van der Waals surface area contributed by atoms with Crippen LogP contribution in [0.4, 0.5) is 0 Å². The van der Waals surface area contributed by atoms with Gasteiger partial charge in [0.2, 0.25) is 15.9 Å². The topological polar surface area (TPSA) is 75.3 Å². The van der Waals surface area contributed by atoms with Crippen LogP contribution in [-0.4, -0.2) is 27.4 Å². The van der Waals surface area contributed by atoms with Crippen molar-refractivity contribution in [3.8, 4) is 0 Å². The maximum atomic E-state index is 11.9. The number of hydrogen-bond acceptors (Lipinski definition) is 4. The van der Waals surface area contributed by atoms with Crippen LogP contribution in [0.2, 0.25) is 5.02 Å². The minimum absolute atomic E-state index is 0.110. The van der Waals surface area contributed by atoms with Crippen molar-refractivity contribution in [2.24, 2.45) is 5.92 Å². The van der Waals surface area contributed by atoms with E-state index in [0.717, 1.165) is 11.3 Å². The summed E-state index contributed by atoms with van der Waals surface area (Å²) >= 11 is 9.99. The highest BCUT2D eigenvalue weighted by Gasteiger charge is 2.18. The average molecular weight is 390 g/mol. The monoisotopic (exact) mass is 388 g/mol. The van der Waals surface area contributed by atoms with Gasteiger partial charge in [-0.15, -0.1) is 11.3 Å². The molecule has 0 aromatic carbocycles. The summed E-state index contributed by atoms with van der Waals surface area (Å²) in [7, 11) is -3.58. The van der Waals surface area contributed by atoms with E-state index in [0.29, 0.717) is 8.81 Å². The zero-order chi connectivity index (χ0) is 14.6. The molecule has 0 saturated heterocycles. The van der Waals surface area contributed by atoms with Crippen molar-refractivity contribution in [1.29, 1.82) is 0 Å². The number of hydrogen-bond donors (Lipinski definition) is 2. The molecular weight excluding hydrogens is 376 g/mol. The Morgan fingerprint density at radius 1 is 1.47 bits per heavy atom. The van der Waals surface area contributed by atoms with E-state index < -0.39 is 10.0 Å². The Morgan fingerprint density at radius 3 is 2.58 bits per heavy atom. The Morgan fingerprint density at radius 2 is 2.11 bits per heavy atom. The van der Waals surface area contributed by atoms with Gasteiger partial charge in [0, 0.05) is 19.0 Å². The second-order valence-electron chi connectivity index (χ2n) is 4.03. The lowest BCUT2D eigenvalue weighted by atomic mass is 10.2. The van der Waals surface area contributed by atoms with Gasteiger partial charge >= 0.3 is 0 Å². The molecule has 1 rings (SSSR count). The molecule has 1 heterocycles. The van der Waals surface area contributed by atoms with E-state index in [-0.39, 0.29) is 29.1 Å². The summed E-state index contributed by atoms with van der Waals surface area (Å²) in [6.07, 6.45) is 0. The van der Waals surface area contributed by atoms with Crippen molar-refractivity contribution in [3.63, 3.8) is 0 Å². The molecule has 1 aromatic heterocycles. The van der Waals surface area contributed by atoms with Gasteiger partial charge in [0.05, 0.1) is 8.81 Å². The summed E-state index contributed by atoms with van der Waals surface area (Å²) in [5, 5.41) is 2.98. The summed E-state index contributed by atoms with van der Waals surface area (Å²) < 4.78 is 26.9. The van der Waals surface area contributed by atoms with Gasteiger partial charge in [-0.05, 0) is 22.0 Å². The highest BCUT2D eigenvalue weighted by Crippen LogP contribution is 2.34. The first-order valence-corrected chi connectivity index (χ1v) is 8.93. The van der Waals surface area contributed by atoms with Crippen LogP contribution in [-0.2, 0) is 14.8 Å². The van der Waals surface area contributed by atoms with Gasteiger partial charge in [0.15, 0.2) is 0 Å². The van der Waals surface area contributed by atoms with E-state index >= 15 is 0 Å². The Hall–Kier alpha value is -0.150. The maximum Gasteiger partial charge on any atom is 0.250 e. The third-order valence-electron chi connectivity index (χ3n) is 2.13. The van der Waals surface area contributed by atoms with Gasteiger partial charge in [-0.25, -0.2) is 13.1 Å². The molecule has 0 bridgehead atoms. The summed E-state index contributed by atoms with van der Waals surface area (Å²) in [5.74, 6) is -0.232. The highest BCUT2D eigenvalue weighted by atomic mass is 79.9. The van der Waals surface area contributed by atoms with Gasteiger partial charge in [0.1, 0.15) is 4.21 Å². The van der Waals surface area contributed by atoms with Gasteiger partial charge in [-0.2, -0.15) is 0 Å². The summed E-state index contributed by atoms with van der Waals surface area (Å²) in [6.45, 7) is 3.92. The fraction of sp³-hybridized carbons (Fsp3) is 0.500. The van der Waals surface area contributed by atoms with E-state index in [9.17, 15) is 13.2 Å². The predicted molar refractivity (Wildman–Crippen MR) is 80.1 cm³/mol. The van der Waals surface area contributed by atoms with E-state index in [1.54, 1.807) is 13.8 Å². The molecule has 2 N–H and O–H groups in total. The first kappa shape index (κ1) is 16.9. The number of nitrogens with one attached hydrogen (secondary N) is 2. The third kappa shape index (κ3) is 5.03. The molecule has 108 valence electrons. The zero-order valence-electron chi connectivity index (χ0n) is 10.4. The minimum Gasteiger partial charge on any atom is -0.355 e. The number of halogens is 2. The van der Waals surface area contributed by atoms with Crippen LogP contribution in [0.25, 0.3) is 0 Å². The van der Waals surface area contributed by atoms with Gasteiger partial charge < -0.3 is 5.32 Å². The van der Waals surface area contributed by atoms with Crippen LogP contribution in [0, 0.1) is 5.92 Å². The molecule has 0 fully saturated rings. The van der Waals surface area contributed by atoms with E-state index in [2.05, 4.69) is 26.0 Å². The van der Waals surface area contributed by atoms with Crippen LogP contribution < -0.4 is 10.0 Å². The maximum absolute atomic E-state index is 11.9. The molecule has 0 aliphatic rings. The quantitative estimate of drug-likeness (QED) is 0.733. The van der Waals surface area contributed by atoms with Gasteiger partial charge in [-0.3, -0.25) is 4.79 Å². The molecule has 0 aliphatic carbocycles. The lowest BCUT2D eigenvalue weighted by Gasteiger charge is -2.08. The fourth-order valence-corrected chi connectivity index (χ4v) is 4.58. The zero-order valence-corrected chi connectivity index (χ0v) is 14.3. The van der Waals surface area contributed by atoms with E-state index in [1.165, 1.54) is 6.07 Å². The number of carbonyl (C=O) groups is 1. The largest absolute Gasteiger partial charge is 0.355 e. The van der Waals surface area contributed by atoms with Crippen LogP contribution in [0.3, 0.4) is 0 Å². The predicted octanol–water partition coefficient (Wildman–Crippen LogP) is 2.21. The van der Waals surface area contributed by atoms with Crippen molar-refractivity contribution in [2.45, 2.75) is 18.1 Å². The smallest absolute Gasteiger partial charge is 0.250 e. The van der Waals surface area contributed by atoms with Gasteiger partial charge in [-0.1, -0.05) is 25.4 Å². The second kappa shape index (κ2) is 7.03. The molecule has 0 unspecified atom stereocenters. The minimum atomic E-state index is -3.58. The molecule has 0 radical (unpaired) electrons. The fourth-order valence-electron chi connectivity index (χ4n) is 1.11. The summed E-state index contributed by atoms with van der Waals surface area (Å²) in [6, 6.07) is 1.38. The number of rotatable bonds is 6. The van der Waals surface area contributed by atoms with Crippen molar-refractivity contribution in [2.75, 3.05) is 13.1 Å². The molecular formula is C10H14BrClN2O3S2. The Labute approximate surface area is 129 Å². The van der Waals surface area contributed by atoms with Crippen LogP contribution in [0.5, 0.6) is 0 Å². The molecule has 1 amide bonds. The molecule has 9 heteroatoms. The van der Waals surface area contributed by atoms with E-state index in [1.807, 2.05) is 0 Å². The Balaban J connectivity index is 2.50. The number of thiophene rings is 1. The SMILES string of the molecule is CC(C)C(=O)NCCNS(=O)(=O)c1cc(Cl)c(Br)s1. The van der Waals surface area contributed by atoms with Crippen molar-refractivity contribution in [1.82, 2.24) is 10.0 Å². The molecule has 5 nitrogen and oxygen atoms in total. The molecule has 0 spiro atoms. The highest BCUT2D eigenvalue weighted by molar-refractivity contribution is 9.11. The lowest BCUT2D eigenvalue weighted by molar-refractivity contribution is -0.123. The van der Waals surface area contributed by atoms with Crippen LogP contribution >= 0.6 is 38.9 Å². The summed E-state index contributed by atoms with van der Waals surface area (Å²) in [4.78, 5) is 11.3. The number of sulfonamides is 1. The normalized spacial score (nSPS) is 11.8. The third-order valence-corrected chi connectivity index (χ3v) is 6.54. The Kier molecular flexibility index (Phi) is 6.25. The lowest BCUT2D eigenvalue weighted by Crippen LogP contribution is -2.36. The van der Waals surface area contributed by atoms with E-state index in [4.69, 9.17) is 11.6 Å². The number of carbonyl (C=O) groups excluding carboxylic acids is 1. The van der Waals surface area contributed by atoms with Crippen molar-refractivity contribution < 1.29 is 13.2 Å². The standard InChI is InChI=1S/C10H14BrClN2O3S2/c1-6(2)10(15)13-3-4-14-19(16,17)8-5-7(12)9(11)18-8/h5-6,14H,3-4H2,1-2H3,(H,13,15). The molecule has 0 atom stereocenters. The Bertz CT molecular complexity index is 538. The first-order chi connectivity index (χ1) is 8.74. The van der Waals surface area contributed by atoms with Crippen molar-refractivity contribution in [3.05, 3.63) is 14.9 Å². The number of amides is 1. The average Bonchev–Trinajstić information content (AvgIpc) is 2.65. The van der Waals surface area contributed by atoms with Crippen molar-refractivity contribution >= 4 is 54.8 Å². The van der Waals surface area contributed by atoms with Crippen LogP contribution in [0.1, 0.15) is 13.8 Å². The summed E-state index contributed by atoms with van der Waals surface area (Å²) in [5.41, 5.74) is 0. The molecule has 1 aromatic rings. The molecule has 0 saturated carbocycles. The molecule has 0 aliphatic heterocycles. The second-order valence-corrected chi connectivity index (χ2v) is 8.80. The van der Waals surface area contributed by atoms with Gasteiger partial charge in [0.25, 0.3) is 0 Å².